The second-order valence-electron chi connectivity index (χ2n) is 4.57. The van der Waals surface area contributed by atoms with Crippen molar-refractivity contribution in [3.05, 3.63) is 24.0 Å². The number of amides is 1. The molecule has 1 fully saturated rings. The molecule has 0 aliphatic carbocycles. The fourth-order valence-corrected chi connectivity index (χ4v) is 2.15. The molecule has 1 aromatic heterocycles. The molecule has 2 unspecified atom stereocenters. The van der Waals surface area contributed by atoms with Crippen LogP contribution in [-0.4, -0.2) is 23.6 Å². The maximum atomic E-state index is 11.9. The van der Waals surface area contributed by atoms with Crippen LogP contribution in [0.3, 0.4) is 0 Å². The van der Waals surface area contributed by atoms with Gasteiger partial charge in [-0.25, -0.2) is 0 Å². The minimum absolute atomic E-state index is 0.125. The molecule has 16 heavy (non-hydrogen) atoms. The highest BCUT2D eigenvalue weighted by molar-refractivity contribution is 5.79. The third-order valence-electron chi connectivity index (χ3n) is 3.35. The average Bonchev–Trinajstić information content (AvgIpc) is 2.84. The van der Waals surface area contributed by atoms with Crippen LogP contribution < -0.4 is 10.6 Å². The van der Waals surface area contributed by atoms with Gasteiger partial charge in [-0.15, -0.1) is 0 Å². The summed E-state index contributed by atoms with van der Waals surface area (Å²) in [6.45, 7) is 4.49. The number of nitrogens with zero attached hydrogens (tertiary/aromatic N) is 1. The molecule has 0 saturated carbocycles. The van der Waals surface area contributed by atoms with Crippen molar-refractivity contribution >= 4 is 5.91 Å². The number of hydrogen-bond acceptors (Lipinski definition) is 2. The number of nitrogens with one attached hydrogen (secondary N) is 2. The fourth-order valence-electron chi connectivity index (χ4n) is 2.15. The summed E-state index contributed by atoms with van der Waals surface area (Å²) in [6.07, 6.45) is 1.99. The zero-order valence-electron chi connectivity index (χ0n) is 9.86. The third-order valence-corrected chi connectivity index (χ3v) is 3.35. The summed E-state index contributed by atoms with van der Waals surface area (Å²) in [6, 6.07) is 4.01. The molecule has 2 rings (SSSR count). The lowest BCUT2D eigenvalue weighted by Gasteiger charge is -2.14. The standard InChI is InChI=1S/C12H19N3O/c1-9-6-13-8-11(9)12(16)14-7-10-4-3-5-15(10)2/h3-5,9,11,13H,6-8H2,1-2H3,(H,14,16). The number of carbonyl (C=O) groups excluding carboxylic acids is 1. The van der Waals surface area contributed by atoms with Gasteiger partial charge < -0.3 is 15.2 Å². The Morgan fingerprint density at radius 3 is 3.00 bits per heavy atom. The normalized spacial score (nSPS) is 24.6. The highest BCUT2D eigenvalue weighted by Crippen LogP contribution is 2.15. The van der Waals surface area contributed by atoms with Gasteiger partial charge >= 0.3 is 0 Å². The van der Waals surface area contributed by atoms with E-state index in [9.17, 15) is 4.79 Å². The van der Waals surface area contributed by atoms with Crippen molar-refractivity contribution in [2.75, 3.05) is 13.1 Å². The zero-order valence-corrected chi connectivity index (χ0v) is 9.86. The van der Waals surface area contributed by atoms with Gasteiger partial charge in [0.25, 0.3) is 0 Å². The van der Waals surface area contributed by atoms with E-state index >= 15 is 0 Å². The zero-order chi connectivity index (χ0) is 11.5. The van der Waals surface area contributed by atoms with Crippen molar-refractivity contribution < 1.29 is 4.79 Å². The number of carbonyl (C=O) groups is 1. The van der Waals surface area contributed by atoms with Crippen molar-refractivity contribution in [2.24, 2.45) is 18.9 Å². The quantitative estimate of drug-likeness (QED) is 0.780. The minimum atomic E-state index is 0.125. The van der Waals surface area contributed by atoms with E-state index in [1.807, 2.05) is 29.9 Å². The maximum Gasteiger partial charge on any atom is 0.225 e. The Kier molecular flexibility index (Phi) is 3.29. The highest BCUT2D eigenvalue weighted by Gasteiger charge is 2.29. The smallest absolute Gasteiger partial charge is 0.225 e. The van der Waals surface area contributed by atoms with Crippen molar-refractivity contribution in [3.63, 3.8) is 0 Å². The molecule has 0 spiro atoms. The summed E-state index contributed by atoms with van der Waals surface area (Å²) in [5, 5.41) is 6.24. The Labute approximate surface area is 96.0 Å². The van der Waals surface area contributed by atoms with Gasteiger partial charge in [-0.3, -0.25) is 4.79 Å². The molecular weight excluding hydrogens is 202 g/mol. The first-order valence-corrected chi connectivity index (χ1v) is 5.77. The molecule has 0 aromatic carbocycles. The SMILES string of the molecule is CC1CNCC1C(=O)NCc1cccn1C. The van der Waals surface area contributed by atoms with Crippen LogP contribution in [0.15, 0.2) is 18.3 Å². The minimum Gasteiger partial charge on any atom is -0.353 e. The predicted octanol–water partition coefficient (Wildman–Crippen LogP) is 0.497. The van der Waals surface area contributed by atoms with E-state index in [0.29, 0.717) is 12.5 Å². The lowest BCUT2D eigenvalue weighted by atomic mass is 9.97. The molecule has 1 aromatic rings. The summed E-state index contributed by atoms with van der Waals surface area (Å²) >= 11 is 0. The number of hydrogen-bond donors (Lipinski definition) is 2. The van der Waals surface area contributed by atoms with E-state index in [1.165, 1.54) is 0 Å². The van der Waals surface area contributed by atoms with Crippen molar-refractivity contribution in [1.82, 2.24) is 15.2 Å². The molecule has 1 amide bonds. The summed E-state index contributed by atoms with van der Waals surface area (Å²) in [5.41, 5.74) is 1.13. The second-order valence-corrected chi connectivity index (χ2v) is 4.57. The lowest BCUT2D eigenvalue weighted by Crippen LogP contribution is -2.34. The monoisotopic (exact) mass is 221 g/mol. The molecule has 1 aliphatic heterocycles. The largest absolute Gasteiger partial charge is 0.353 e. The molecule has 0 bridgehead atoms. The predicted molar refractivity (Wildman–Crippen MR) is 62.8 cm³/mol. The van der Waals surface area contributed by atoms with Gasteiger partial charge in [0.15, 0.2) is 0 Å². The molecule has 1 aliphatic rings. The molecule has 0 radical (unpaired) electrons. The lowest BCUT2D eigenvalue weighted by molar-refractivity contribution is -0.125. The van der Waals surface area contributed by atoms with Gasteiger partial charge in [0.2, 0.25) is 5.91 Å². The highest BCUT2D eigenvalue weighted by atomic mass is 16.1. The van der Waals surface area contributed by atoms with Gasteiger partial charge in [-0.2, -0.15) is 0 Å². The Morgan fingerprint density at radius 1 is 1.62 bits per heavy atom. The van der Waals surface area contributed by atoms with E-state index in [1.54, 1.807) is 0 Å². The van der Waals surface area contributed by atoms with E-state index in [0.717, 1.165) is 18.8 Å². The molecular formula is C12H19N3O. The second kappa shape index (κ2) is 4.70. The summed E-state index contributed by atoms with van der Waals surface area (Å²) in [5.74, 6) is 0.729. The third kappa shape index (κ3) is 2.27. The van der Waals surface area contributed by atoms with Crippen LogP contribution in [0.4, 0.5) is 0 Å². The van der Waals surface area contributed by atoms with Crippen LogP contribution in [-0.2, 0) is 18.4 Å². The molecule has 1 saturated heterocycles. The summed E-state index contributed by atoms with van der Waals surface area (Å²) in [7, 11) is 1.99. The number of aromatic nitrogens is 1. The van der Waals surface area contributed by atoms with E-state index < -0.39 is 0 Å². The topological polar surface area (TPSA) is 46.1 Å². The number of aryl methyl sites for hydroxylation is 1. The molecule has 4 nitrogen and oxygen atoms in total. The molecule has 2 atom stereocenters. The average molecular weight is 221 g/mol. The first-order valence-electron chi connectivity index (χ1n) is 5.77. The first-order chi connectivity index (χ1) is 7.68. The van der Waals surface area contributed by atoms with E-state index in [4.69, 9.17) is 0 Å². The van der Waals surface area contributed by atoms with Gasteiger partial charge in [0, 0.05) is 25.5 Å². The summed E-state index contributed by atoms with van der Waals surface area (Å²) < 4.78 is 2.02. The summed E-state index contributed by atoms with van der Waals surface area (Å²) in [4.78, 5) is 11.9. The van der Waals surface area contributed by atoms with Crippen molar-refractivity contribution in [3.8, 4) is 0 Å². The van der Waals surface area contributed by atoms with Crippen LogP contribution in [0.1, 0.15) is 12.6 Å². The molecule has 2 N–H and O–H groups in total. The van der Waals surface area contributed by atoms with Gasteiger partial charge in [0.1, 0.15) is 0 Å². The van der Waals surface area contributed by atoms with Crippen molar-refractivity contribution in [1.29, 1.82) is 0 Å². The van der Waals surface area contributed by atoms with E-state index in [-0.39, 0.29) is 11.8 Å². The van der Waals surface area contributed by atoms with Gasteiger partial charge in [-0.1, -0.05) is 6.92 Å². The molecule has 4 heteroatoms. The Hall–Kier alpha value is -1.29. The van der Waals surface area contributed by atoms with Gasteiger partial charge in [0.05, 0.1) is 12.5 Å². The number of rotatable bonds is 3. The van der Waals surface area contributed by atoms with E-state index in [2.05, 4.69) is 17.6 Å². The fraction of sp³-hybridized carbons (Fsp3) is 0.583. The van der Waals surface area contributed by atoms with Crippen LogP contribution in [0.25, 0.3) is 0 Å². The Bertz CT molecular complexity index is 372. The van der Waals surface area contributed by atoms with Crippen LogP contribution in [0, 0.1) is 11.8 Å². The van der Waals surface area contributed by atoms with Gasteiger partial charge in [-0.05, 0) is 24.6 Å². The molecule has 88 valence electrons. The van der Waals surface area contributed by atoms with Crippen LogP contribution in [0.5, 0.6) is 0 Å². The van der Waals surface area contributed by atoms with Crippen LogP contribution in [0.2, 0.25) is 0 Å². The maximum absolute atomic E-state index is 11.9. The molecule has 2 heterocycles. The van der Waals surface area contributed by atoms with Crippen LogP contribution >= 0.6 is 0 Å². The van der Waals surface area contributed by atoms with Crippen molar-refractivity contribution in [2.45, 2.75) is 13.5 Å². The first kappa shape index (κ1) is 11.2. The Balaban J connectivity index is 1.86. The Morgan fingerprint density at radius 2 is 2.44 bits per heavy atom.